The van der Waals surface area contributed by atoms with Gasteiger partial charge in [0, 0.05) is 22.9 Å². The van der Waals surface area contributed by atoms with Crippen molar-refractivity contribution in [2.45, 2.75) is 0 Å². The molecule has 6 heteroatoms. The molecule has 0 unspecified atom stereocenters. The maximum atomic E-state index is 7.10. The third-order valence-electron chi connectivity index (χ3n) is 10.8. The number of anilines is 3. The van der Waals surface area contributed by atoms with Gasteiger partial charge in [0.25, 0.3) is 13.4 Å². The van der Waals surface area contributed by atoms with E-state index in [-0.39, 0.29) is 13.4 Å². The second kappa shape index (κ2) is 8.81. The topological polar surface area (TPSA) is 30.9 Å². The van der Waals surface area contributed by atoms with Gasteiger partial charge in [0.15, 0.2) is 11.5 Å². The van der Waals surface area contributed by atoms with Crippen molar-refractivity contribution in [2.24, 2.45) is 0 Å². The smallest absolute Gasteiger partial charge is 0.256 e. The van der Waals surface area contributed by atoms with Gasteiger partial charge < -0.3 is 19.1 Å². The molecule has 0 bridgehead atoms. The Morgan fingerprint density at radius 1 is 0.375 bits per heavy atom. The van der Waals surface area contributed by atoms with Crippen LogP contribution in [0.2, 0.25) is 0 Å². The summed E-state index contributed by atoms with van der Waals surface area (Å²) in [5.74, 6) is 5.21. The Bertz CT molecular complexity index is 2400. The first-order valence-electron chi connectivity index (χ1n) is 16.5. The van der Waals surface area contributed by atoms with Gasteiger partial charge in [-0.25, -0.2) is 0 Å². The maximum Gasteiger partial charge on any atom is 0.256 e. The van der Waals surface area contributed by atoms with Gasteiger partial charge in [-0.1, -0.05) is 121 Å². The predicted octanol–water partition coefficient (Wildman–Crippen LogP) is 6.47. The zero-order chi connectivity index (χ0) is 31.1. The Morgan fingerprint density at radius 2 is 0.833 bits per heavy atom. The average Bonchev–Trinajstić information content (AvgIpc) is 3.14. The van der Waals surface area contributed by atoms with Gasteiger partial charge in [0.05, 0.1) is 11.4 Å². The predicted molar refractivity (Wildman–Crippen MR) is 194 cm³/mol. The lowest BCUT2D eigenvalue weighted by molar-refractivity contribution is 0.465. The fraction of sp³-hybridized carbons (Fsp3) is 0. The van der Waals surface area contributed by atoms with Crippen LogP contribution in [-0.2, 0) is 0 Å². The number of fused-ring (bicyclic) bond motifs is 6. The van der Waals surface area contributed by atoms with Gasteiger partial charge >= 0.3 is 0 Å². The lowest BCUT2D eigenvalue weighted by atomic mass is 9.29. The second-order valence-electron chi connectivity index (χ2n) is 13.1. The van der Waals surface area contributed by atoms with E-state index >= 15 is 0 Å². The molecule has 0 aliphatic carbocycles. The quantitative estimate of drug-likeness (QED) is 0.210. The van der Waals surface area contributed by atoms with Gasteiger partial charge in [-0.15, -0.1) is 0 Å². The molecule has 0 amide bonds. The van der Waals surface area contributed by atoms with Gasteiger partial charge in [-0.3, -0.25) is 0 Å². The minimum absolute atomic E-state index is 0.0352. The summed E-state index contributed by atoms with van der Waals surface area (Å²) in [4.78, 5) is 2.45. The van der Waals surface area contributed by atoms with Crippen LogP contribution < -0.4 is 51.9 Å². The zero-order valence-electron chi connectivity index (χ0n) is 25.6. The molecule has 4 nitrogen and oxygen atoms in total. The van der Waals surface area contributed by atoms with E-state index in [0.29, 0.717) is 0 Å². The van der Waals surface area contributed by atoms with Crippen molar-refractivity contribution in [3.8, 4) is 56.8 Å². The van der Waals surface area contributed by atoms with Crippen molar-refractivity contribution in [1.82, 2.24) is 0 Å². The molecule has 0 N–H and O–H groups in total. The number of ether oxygens (including phenoxy) is 3. The third kappa shape index (κ3) is 2.99. The minimum atomic E-state index is -0.0352. The first-order valence-corrected chi connectivity index (χ1v) is 16.5. The Balaban J connectivity index is 1.20. The molecule has 48 heavy (non-hydrogen) atoms. The SMILES string of the molecule is c1ccc(-c2cccc3c2Oc2cc4c5c6c2B3c2cccc3c2N6c2c(cccc2B5c2cccc(-c5ccccc5)c2O4)O3)cc1. The molecule has 12 rings (SSSR count). The average molecular weight is 611 g/mol. The van der Waals surface area contributed by atoms with Crippen LogP contribution in [-0.4, -0.2) is 13.4 Å². The van der Waals surface area contributed by atoms with E-state index in [2.05, 4.69) is 144 Å². The van der Waals surface area contributed by atoms with E-state index in [1.54, 1.807) is 0 Å². The molecule has 0 spiro atoms. The molecule has 5 aliphatic heterocycles. The van der Waals surface area contributed by atoms with Crippen molar-refractivity contribution in [3.63, 3.8) is 0 Å². The van der Waals surface area contributed by atoms with E-state index in [0.717, 1.165) is 84.7 Å². The molecular weight excluding hydrogens is 588 g/mol. The number of benzene rings is 7. The molecule has 5 aliphatic rings. The van der Waals surface area contributed by atoms with Gasteiger partial charge in [-0.2, -0.15) is 0 Å². The van der Waals surface area contributed by atoms with E-state index in [1.807, 2.05) is 0 Å². The lowest BCUT2D eigenvalue weighted by Crippen LogP contribution is -2.67. The van der Waals surface area contributed by atoms with E-state index in [9.17, 15) is 0 Å². The maximum absolute atomic E-state index is 7.10. The minimum Gasteiger partial charge on any atom is -0.458 e. The molecule has 0 radical (unpaired) electrons. The molecule has 7 aromatic carbocycles. The summed E-state index contributed by atoms with van der Waals surface area (Å²) in [5.41, 5.74) is 14.9. The summed E-state index contributed by atoms with van der Waals surface area (Å²) in [6.07, 6.45) is 0. The number of para-hydroxylation sites is 4. The van der Waals surface area contributed by atoms with Crippen molar-refractivity contribution < 1.29 is 14.2 Å². The van der Waals surface area contributed by atoms with Gasteiger partial charge in [0.2, 0.25) is 0 Å². The summed E-state index contributed by atoms with van der Waals surface area (Å²) in [5, 5.41) is 0. The molecule has 0 saturated heterocycles. The molecule has 0 aromatic heterocycles. The lowest BCUT2D eigenvalue weighted by Gasteiger charge is -2.49. The first kappa shape index (κ1) is 25.0. The van der Waals surface area contributed by atoms with Crippen LogP contribution in [0.25, 0.3) is 22.3 Å². The first-order chi connectivity index (χ1) is 23.8. The van der Waals surface area contributed by atoms with Crippen molar-refractivity contribution in [2.75, 3.05) is 4.90 Å². The second-order valence-corrected chi connectivity index (χ2v) is 13.1. The van der Waals surface area contributed by atoms with Gasteiger partial charge in [0.1, 0.15) is 23.0 Å². The summed E-state index contributed by atoms with van der Waals surface area (Å²) in [6, 6.07) is 49.3. The Hall–Kier alpha value is -6.13. The van der Waals surface area contributed by atoms with Crippen LogP contribution in [0.4, 0.5) is 17.1 Å². The fourth-order valence-corrected chi connectivity index (χ4v) is 8.92. The molecule has 220 valence electrons. The van der Waals surface area contributed by atoms with Crippen LogP contribution in [0.5, 0.6) is 34.5 Å². The van der Waals surface area contributed by atoms with E-state index in [4.69, 9.17) is 14.2 Å². The highest BCUT2D eigenvalue weighted by molar-refractivity contribution is 7.03. The van der Waals surface area contributed by atoms with Crippen LogP contribution >= 0.6 is 0 Å². The normalized spacial score (nSPS) is 14.2. The summed E-state index contributed by atoms with van der Waals surface area (Å²) in [6.45, 7) is -0.0703. The molecule has 7 aromatic rings. The summed E-state index contributed by atoms with van der Waals surface area (Å²) >= 11 is 0. The van der Waals surface area contributed by atoms with E-state index in [1.165, 1.54) is 21.9 Å². The molecule has 0 atom stereocenters. The summed E-state index contributed by atoms with van der Waals surface area (Å²) < 4.78 is 21.0. The Morgan fingerprint density at radius 3 is 1.33 bits per heavy atom. The Kier molecular flexibility index (Phi) is 4.59. The van der Waals surface area contributed by atoms with Crippen LogP contribution in [0, 0.1) is 0 Å². The number of nitrogens with zero attached hydrogens (tertiary/aromatic N) is 1. The molecule has 0 fully saturated rings. The monoisotopic (exact) mass is 611 g/mol. The molecular formula is C42H23B2NO3. The Labute approximate surface area is 277 Å². The van der Waals surface area contributed by atoms with Gasteiger partial charge in [-0.05, 0) is 56.0 Å². The van der Waals surface area contributed by atoms with Crippen molar-refractivity contribution in [3.05, 3.63) is 140 Å². The zero-order valence-corrected chi connectivity index (χ0v) is 25.6. The van der Waals surface area contributed by atoms with E-state index < -0.39 is 0 Å². The highest BCUT2D eigenvalue weighted by Gasteiger charge is 2.53. The summed E-state index contributed by atoms with van der Waals surface area (Å²) in [7, 11) is 0. The number of rotatable bonds is 2. The van der Waals surface area contributed by atoms with Crippen LogP contribution in [0.3, 0.4) is 0 Å². The van der Waals surface area contributed by atoms with Crippen molar-refractivity contribution >= 4 is 63.3 Å². The molecule has 0 saturated carbocycles. The standard InChI is InChI=1S/C42H23B2NO3/c1-3-11-24(12-4-1)26-15-7-19-30-41(26)47-34-23-35-37-40-36(34)43(30)28-17-9-21-32-38(28)45(40)39-29(18-10-22-33(39)46-32)44(37)31-20-8-16-27(42(31)48-35)25-13-5-2-6-14-25/h1-23H. The molecule has 5 heterocycles. The van der Waals surface area contributed by atoms with Crippen LogP contribution in [0.1, 0.15) is 0 Å². The largest absolute Gasteiger partial charge is 0.458 e. The number of hydrogen-bond donors (Lipinski definition) is 0. The third-order valence-corrected chi connectivity index (χ3v) is 10.8. The fourth-order valence-electron chi connectivity index (χ4n) is 8.92. The highest BCUT2D eigenvalue weighted by atomic mass is 16.5. The highest BCUT2D eigenvalue weighted by Crippen LogP contribution is 2.54. The van der Waals surface area contributed by atoms with Crippen molar-refractivity contribution in [1.29, 1.82) is 0 Å². The number of hydrogen-bond acceptors (Lipinski definition) is 4. The van der Waals surface area contributed by atoms with Crippen LogP contribution in [0.15, 0.2) is 140 Å².